The van der Waals surface area contributed by atoms with Gasteiger partial charge in [-0.05, 0) is 99.0 Å². The number of carbonyl (C=O) groups is 2. The zero-order valence-electron chi connectivity index (χ0n) is 30.9. The van der Waals surface area contributed by atoms with E-state index in [0.29, 0.717) is 29.9 Å². The molecule has 1 heterocycles. The highest BCUT2D eigenvalue weighted by Gasteiger charge is 2.83. The van der Waals surface area contributed by atoms with E-state index in [0.717, 1.165) is 18.4 Å². The summed E-state index contributed by atoms with van der Waals surface area (Å²) in [5, 5.41) is 37.4. The first-order chi connectivity index (χ1) is 23.5. The molecule has 0 amide bonds. The summed E-state index contributed by atoms with van der Waals surface area (Å²) in [6.45, 7) is 13.1. The first-order valence-corrected chi connectivity index (χ1v) is 18.0. The van der Waals surface area contributed by atoms with E-state index in [-0.39, 0.29) is 48.6 Å². The quantitative estimate of drug-likeness (QED) is 0.119. The lowest BCUT2D eigenvalue weighted by atomic mass is 9.79. The third-order valence-corrected chi connectivity index (χ3v) is 11.3. The van der Waals surface area contributed by atoms with Crippen molar-refractivity contribution in [1.29, 1.82) is 0 Å². The van der Waals surface area contributed by atoms with Gasteiger partial charge in [-0.2, -0.15) is 0 Å². The Hall–Kier alpha value is -2.89. The normalized spacial score (nSPS) is 35.4. The minimum atomic E-state index is -1.46. The van der Waals surface area contributed by atoms with Crippen LogP contribution in [-0.2, 0) is 30.3 Å². The van der Waals surface area contributed by atoms with Crippen LogP contribution in [0.4, 0.5) is 4.39 Å². The summed E-state index contributed by atoms with van der Waals surface area (Å²) in [6.07, 6.45) is 8.03. The van der Waals surface area contributed by atoms with Crippen molar-refractivity contribution in [2.24, 2.45) is 29.1 Å². The second-order valence-electron chi connectivity index (χ2n) is 15.4. The van der Waals surface area contributed by atoms with Crippen molar-refractivity contribution in [2.75, 3.05) is 7.11 Å². The molecule has 2 saturated carbocycles. The molecule has 12 atom stereocenters. The number of aliphatic hydroxyl groups is 3. The van der Waals surface area contributed by atoms with Gasteiger partial charge in [-0.1, -0.05) is 57.2 Å². The van der Waals surface area contributed by atoms with Gasteiger partial charge in [-0.3, -0.25) is 9.59 Å². The molecule has 3 unspecified atom stereocenters. The average molecular weight is 700 g/mol. The molecule has 1 aliphatic heterocycles. The van der Waals surface area contributed by atoms with Crippen LogP contribution in [0.3, 0.4) is 0 Å². The fourth-order valence-corrected chi connectivity index (χ4v) is 8.34. The molecule has 2 aliphatic carbocycles. The lowest BCUT2D eigenvalue weighted by Crippen LogP contribution is -2.52. The molecule has 0 bridgehead atoms. The Bertz CT molecular complexity index is 1420. The number of methoxy groups -OCH3 is 1. The molecule has 50 heavy (non-hydrogen) atoms. The van der Waals surface area contributed by atoms with Crippen molar-refractivity contribution in [3.63, 3.8) is 0 Å². The van der Waals surface area contributed by atoms with Gasteiger partial charge in [0, 0.05) is 32.5 Å². The van der Waals surface area contributed by atoms with Crippen LogP contribution in [0.2, 0.25) is 0 Å². The smallest absolute Gasteiger partial charge is 0.309 e. The van der Waals surface area contributed by atoms with Crippen LogP contribution in [0.15, 0.2) is 60.2 Å². The van der Waals surface area contributed by atoms with E-state index in [9.17, 15) is 29.3 Å². The first-order valence-electron chi connectivity index (χ1n) is 18.0. The zero-order valence-corrected chi connectivity index (χ0v) is 30.9. The second kappa shape index (κ2) is 16.2. The standard InChI is InChI=1S/C40H58FNO8/c1-9-32(48-8)26(4)35-31-22-40(31,35)37(42-23-28-13-15-29(41)16-14-28)39(7,47)19-10-11-24(2)36-25(3)12-17-33(49-27(5)43)38(6,46)20-18-30(44)21-34(45)50-36/h10-17,19,25-26,30-33,35-37,42,44,46-47H,9,18,20-23H2,1-8H3/b17-12+,19-10+,24-11+/t25-,26+,30+,31?,32-,33-,35-,36+,37?,38+,39?,40-/m0/s1. The molecule has 0 aromatic heterocycles. The van der Waals surface area contributed by atoms with Crippen LogP contribution in [0.5, 0.6) is 0 Å². The van der Waals surface area contributed by atoms with E-state index in [1.165, 1.54) is 19.1 Å². The molecule has 4 rings (SSSR count). The molecule has 4 N–H and O–H groups in total. The van der Waals surface area contributed by atoms with Gasteiger partial charge < -0.3 is 34.8 Å². The average Bonchev–Trinajstić information content (AvgIpc) is 3.92. The van der Waals surface area contributed by atoms with Crippen molar-refractivity contribution >= 4 is 11.9 Å². The zero-order chi connectivity index (χ0) is 37.0. The number of fused-ring (bicyclic) bond motifs is 1. The lowest BCUT2D eigenvalue weighted by Gasteiger charge is -2.37. The number of aliphatic hydroxyl groups excluding tert-OH is 1. The number of benzene rings is 1. The van der Waals surface area contributed by atoms with E-state index >= 15 is 0 Å². The van der Waals surface area contributed by atoms with Crippen molar-refractivity contribution in [3.8, 4) is 0 Å². The van der Waals surface area contributed by atoms with Gasteiger partial charge in [-0.25, -0.2) is 4.39 Å². The summed E-state index contributed by atoms with van der Waals surface area (Å²) >= 11 is 0. The number of hydrogen-bond donors (Lipinski definition) is 4. The van der Waals surface area contributed by atoms with Gasteiger partial charge >= 0.3 is 11.9 Å². The molecule has 3 aliphatic rings. The Kier molecular flexibility index (Phi) is 12.9. The predicted octanol–water partition coefficient (Wildman–Crippen LogP) is 5.57. The third-order valence-electron chi connectivity index (χ3n) is 11.3. The van der Waals surface area contributed by atoms with Gasteiger partial charge in [0.2, 0.25) is 0 Å². The minimum absolute atomic E-state index is 0.0825. The van der Waals surface area contributed by atoms with Crippen LogP contribution in [0, 0.1) is 34.9 Å². The monoisotopic (exact) mass is 699 g/mol. The lowest BCUT2D eigenvalue weighted by molar-refractivity contribution is -0.157. The topological polar surface area (TPSA) is 135 Å². The Morgan fingerprint density at radius 2 is 1.92 bits per heavy atom. The van der Waals surface area contributed by atoms with Crippen LogP contribution >= 0.6 is 0 Å². The molecule has 1 aromatic rings. The number of halogens is 1. The molecule has 1 aromatic carbocycles. The van der Waals surface area contributed by atoms with Gasteiger partial charge in [0.05, 0.1) is 24.2 Å². The van der Waals surface area contributed by atoms with Crippen LogP contribution in [0.1, 0.15) is 86.1 Å². The summed E-state index contributed by atoms with van der Waals surface area (Å²) < 4.78 is 30.7. The molecule has 2 fully saturated rings. The molecule has 278 valence electrons. The highest BCUT2D eigenvalue weighted by atomic mass is 19.1. The summed E-state index contributed by atoms with van der Waals surface area (Å²) in [4.78, 5) is 24.7. The van der Waals surface area contributed by atoms with Crippen LogP contribution in [-0.4, -0.2) is 76.0 Å². The Morgan fingerprint density at radius 3 is 2.52 bits per heavy atom. The highest BCUT2D eigenvalue weighted by Crippen LogP contribution is 2.84. The number of esters is 2. The van der Waals surface area contributed by atoms with E-state index < -0.39 is 41.5 Å². The summed E-state index contributed by atoms with van der Waals surface area (Å²) in [6, 6.07) is 6.08. The molecular weight excluding hydrogens is 641 g/mol. The Balaban J connectivity index is 1.59. The van der Waals surface area contributed by atoms with Gasteiger partial charge in [0.1, 0.15) is 23.6 Å². The Morgan fingerprint density at radius 1 is 1.24 bits per heavy atom. The third kappa shape index (κ3) is 9.31. The fraction of sp³-hybridized carbons (Fsp3) is 0.650. The SMILES string of the molecule is CC[C@H](OC)[C@@H](C)[C@H]1C2C[C@]21C(NCc1ccc(F)cc1)C(C)(O)/C=C/C=C(\C)[C@H]1OC(=O)C[C@H](O)CC[C@@](C)(O)[C@@H](OC(C)=O)/C=C/[C@@H]1C. The number of rotatable bonds is 13. The number of hydrogen-bond acceptors (Lipinski definition) is 9. The van der Waals surface area contributed by atoms with Crippen molar-refractivity contribution < 1.29 is 43.5 Å². The van der Waals surface area contributed by atoms with Crippen molar-refractivity contribution in [3.05, 3.63) is 71.6 Å². The van der Waals surface area contributed by atoms with E-state index in [2.05, 4.69) is 19.2 Å². The maximum absolute atomic E-state index is 13.6. The van der Waals surface area contributed by atoms with Gasteiger partial charge in [0.15, 0.2) is 0 Å². The number of ether oxygens (including phenoxy) is 3. The first kappa shape index (κ1) is 39.9. The fourth-order valence-electron chi connectivity index (χ4n) is 8.34. The van der Waals surface area contributed by atoms with E-state index in [1.807, 2.05) is 19.9 Å². The summed E-state index contributed by atoms with van der Waals surface area (Å²) in [5.41, 5.74) is -1.19. The second-order valence-corrected chi connectivity index (χ2v) is 15.4. The molecule has 9 nitrogen and oxygen atoms in total. The molecule has 10 heteroatoms. The Labute approximate surface area is 297 Å². The van der Waals surface area contributed by atoms with Gasteiger partial charge in [-0.15, -0.1) is 0 Å². The molecule has 0 saturated heterocycles. The maximum atomic E-state index is 13.6. The number of carbonyl (C=O) groups excluding carboxylic acids is 2. The van der Waals surface area contributed by atoms with Gasteiger partial charge in [0.25, 0.3) is 0 Å². The predicted molar refractivity (Wildman–Crippen MR) is 189 cm³/mol. The molecular formula is C40H58FNO8. The minimum Gasteiger partial charge on any atom is -0.457 e. The number of cyclic esters (lactones) is 1. The number of allylic oxidation sites excluding steroid dienone is 2. The largest absolute Gasteiger partial charge is 0.457 e. The molecule has 0 spiro atoms. The summed E-state index contributed by atoms with van der Waals surface area (Å²) in [7, 11) is 1.75. The van der Waals surface area contributed by atoms with Crippen LogP contribution in [0.25, 0.3) is 0 Å². The van der Waals surface area contributed by atoms with E-state index in [1.54, 1.807) is 57.4 Å². The molecule has 0 radical (unpaired) electrons. The van der Waals surface area contributed by atoms with Crippen LogP contribution < -0.4 is 5.32 Å². The van der Waals surface area contributed by atoms with E-state index in [4.69, 9.17) is 14.2 Å². The maximum Gasteiger partial charge on any atom is 0.309 e. The van der Waals surface area contributed by atoms with Crippen molar-refractivity contribution in [1.82, 2.24) is 5.32 Å². The highest BCUT2D eigenvalue weighted by molar-refractivity contribution is 5.70. The summed E-state index contributed by atoms with van der Waals surface area (Å²) in [5.74, 6) is -0.572. The number of nitrogens with one attached hydrogen (secondary N) is 1. The van der Waals surface area contributed by atoms with Crippen molar-refractivity contribution in [2.45, 2.75) is 129 Å².